The van der Waals surface area contributed by atoms with Crippen LogP contribution in [-0.2, 0) is 9.47 Å². The van der Waals surface area contributed by atoms with Crippen molar-refractivity contribution in [3.8, 4) is 0 Å². The minimum Gasteiger partial charge on any atom is -0.376 e. The van der Waals surface area contributed by atoms with Crippen LogP contribution in [0.1, 0.15) is 19.3 Å². The summed E-state index contributed by atoms with van der Waals surface area (Å²) in [6, 6.07) is 0. The Kier molecular flexibility index (Phi) is 3.01. The zero-order valence-corrected chi connectivity index (χ0v) is 5.80. The second-order valence-electron chi connectivity index (χ2n) is 2.28. The smallest absolute Gasteiger partial charge is 0.112 e. The first-order chi connectivity index (χ1) is 4.43. The molecule has 1 radical (unpaired) electrons. The van der Waals surface area contributed by atoms with E-state index in [-0.39, 0.29) is 6.10 Å². The Balaban J connectivity index is 2.08. The van der Waals surface area contributed by atoms with Crippen LogP contribution < -0.4 is 0 Å². The molecule has 1 heterocycles. The molecule has 0 aromatic heterocycles. The maximum atomic E-state index is 5.34. The van der Waals surface area contributed by atoms with Crippen molar-refractivity contribution in [3.63, 3.8) is 0 Å². The van der Waals surface area contributed by atoms with Crippen LogP contribution in [0, 0.1) is 6.61 Å². The topological polar surface area (TPSA) is 18.5 Å². The summed E-state index contributed by atoms with van der Waals surface area (Å²) in [5.74, 6) is 0. The minimum absolute atomic E-state index is 0.253. The molecule has 0 aromatic rings. The second kappa shape index (κ2) is 3.85. The lowest BCUT2D eigenvalue weighted by Crippen LogP contribution is -2.19. The number of hydrogen-bond donors (Lipinski definition) is 0. The normalized spacial score (nSPS) is 28.3. The van der Waals surface area contributed by atoms with Gasteiger partial charge in [0.05, 0.1) is 6.10 Å². The third-order valence-electron chi connectivity index (χ3n) is 1.50. The zero-order chi connectivity index (χ0) is 6.53. The van der Waals surface area contributed by atoms with Gasteiger partial charge in [0.25, 0.3) is 0 Å². The van der Waals surface area contributed by atoms with Gasteiger partial charge in [-0.25, -0.2) is 0 Å². The van der Waals surface area contributed by atoms with Crippen molar-refractivity contribution in [1.82, 2.24) is 0 Å². The summed E-state index contributed by atoms with van der Waals surface area (Å²) in [7, 11) is 1.66. The van der Waals surface area contributed by atoms with E-state index in [1.165, 1.54) is 12.8 Å². The molecule has 0 aliphatic carbocycles. The third kappa shape index (κ3) is 2.33. The molecule has 0 spiro atoms. The van der Waals surface area contributed by atoms with Crippen LogP contribution >= 0.6 is 0 Å². The molecule has 1 saturated heterocycles. The highest BCUT2D eigenvalue weighted by Gasteiger charge is 2.12. The lowest BCUT2D eigenvalue weighted by Gasteiger charge is -2.20. The summed E-state index contributed by atoms with van der Waals surface area (Å²) in [6.45, 7) is 2.66. The maximum Gasteiger partial charge on any atom is 0.112 e. The van der Waals surface area contributed by atoms with E-state index >= 15 is 0 Å². The van der Waals surface area contributed by atoms with Crippen molar-refractivity contribution in [1.29, 1.82) is 0 Å². The third-order valence-corrected chi connectivity index (χ3v) is 1.50. The summed E-state index contributed by atoms with van der Waals surface area (Å²) in [5.41, 5.74) is 0. The molecule has 1 unspecified atom stereocenters. The van der Waals surface area contributed by atoms with Gasteiger partial charge >= 0.3 is 0 Å². The first kappa shape index (κ1) is 7.03. The zero-order valence-electron chi connectivity index (χ0n) is 5.80. The molecule has 1 aliphatic heterocycles. The van der Waals surface area contributed by atoms with Crippen molar-refractivity contribution < 1.29 is 9.47 Å². The van der Waals surface area contributed by atoms with Gasteiger partial charge in [-0.3, -0.25) is 0 Å². The highest BCUT2D eigenvalue weighted by atomic mass is 16.5. The predicted octanol–water partition coefficient (Wildman–Crippen LogP) is 1.36. The van der Waals surface area contributed by atoms with Crippen LogP contribution in [0.3, 0.4) is 0 Å². The molecule has 1 aliphatic rings. The van der Waals surface area contributed by atoms with E-state index in [1.54, 1.807) is 13.7 Å². The molecule has 0 aromatic carbocycles. The quantitative estimate of drug-likeness (QED) is 0.560. The Morgan fingerprint density at radius 1 is 1.56 bits per heavy atom. The van der Waals surface area contributed by atoms with E-state index in [4.69, 9.17) is 9.47 Å². The van der Waals surface area contributed by atoms with Crippen LogP contribution in [0.2, 0.25) is 0 Å². The molecule has 1 rings (SSSR count). The average molecular weight is 129 g/mol. The molecule has 9 heavy (non-hydrogen) atoms. The molecule has 2 heteroatoms. The first-order valence-corrected chi connectivity index (χ1v) is 3.41. The molecule has 0 N–H and O–H groups in total. The van der Waals surface area contributed by atoms with Crippen molar-refractivity contribution >= 4 is 0 Å². The van der Waals surface area contributed by atoms with Gasteiger partial charge in [-0.15, -0.1) is 0 Å². The van der Waals surface area contributed by atoms with Crippen LogP contribution in [0.15, 0.2) is 0 Å². The van der Waals surface area contributed by atoms with Gasteiger partial charge in [0, 0.05) is 13.7 Å². The summed E-state index contributed by atoms with van der Waals surface area (Å²) >= 11 is 0. The van der Waals surface area contributed by atoms with E-state index in [9.17, 15) is 0 Å². The van der Waals surface area contributed by atoms with Gasteiger partial charge in [-0.1, -0.05) is 0 Å². The van der Waals surface area contributed by atoms with Crippen LogP contribution in [0.25, 0.3) is 0 Å². The lowest BCUT2D eigenvalue weighted by atomic mass is 10.1. The summed E-state index contributed by atoms with van der Waals surface area (Å²) in [6.07, 6.45) is 3.84. The SMILES string of the molecule is CO[CH]C1CCCCO1. The Morgan fingerprint density at radius 3 is 3.00 bits per heavy atom. The molecule has 0 bridgehead atoms. The number of ether oxygens (including phenoxy) is 2. The van der Waals surface area contributed by atoms with Crippen LogP contribution in [-0.4, -0.2) is 19.8 Å². The number of methoxy groups -OCH3 is 1. The van der Waals surface area contributed by atoms with Gasteiger partial charge in [0.15, 0.2) is 0 Å². The molecule has 1 fully saturated rings. The highest BCUT2D eigenvalue weighted by molar-refractivity contribution is 4.70. The van der Waals surface area contributed by atoms with E-state index < -0.39 is 0 Å². The van der Waals surface area contributed by atoms with E-state index in [1.807, 2.05) is 0 Å². The minimum atomic E-state index is 0.253. The maximum absolute atomic E-state index is 5.34. The second-order valence-corrected chi connectivity index (χ2v) is 2.28. The van der Waals surface area contributed by atoms with E-state index in [0.717, 1.165) is 13.0 Å². The Morgan fingerprint density at radius 2 is 2.44 bits per heavy atom. The van der Waals surface area contributed by atoms with Crippen LogP contribution in [0.4, 0.5) is 0 Å². The Bertz CT molecular complexity index is 64.6. The standard InChI is InChI=1S/C7H13O2/c1-8-6-7-4-2-3-5-9-7/h6-7H,2-5H2,1H3. The number of hydrogen-bond acceptors (Lipinski definition) is 2. The van der Waals surface area contributed by atoms with Gasteiger partial charge in [-0.2, -0.15) is 0 Å². The van der Waals surface area contributed by atoms with E-state index in [2.05, 4.69) is 0 Å². The van der Waals surface area contributed by atoms with Gasteiger partial charge in [0.1, 0.15) is 6.61 Å². The molecular weight excluding hydrogens is 116 g/mol. The van der Waals surface area contributed by atoms with Crippen molar-refractivity contribution in [2.45, 2.75) is 25.4 Å². The molecule has 0 amide bonds. The van der Waals surface area contributed by atoms with Gasteiger partial charge in [-0.05, 0) is 19.3 Å². The lowest BCUT2D eigenvalue weighted by molar-refractivity contribution is 0.00215. The summed E-state index contributed by atoms with van der Waals surface area (Å²) in [4.78, 5) is 0. The number of rotatable bonds is 2. The molecule has 1 atom stereocenters. The summed E-state index contributed by atoms with van der Waals surface area (Å²) in [5, 5.41) is 0. The Labute approximate surface area is 56.2 Å². The first-order valence-electron chi connectivity index (χ1n) is 3.41. The van der Waals surface area contributed by atoms with Crippen molar-refractivity contribution in [3.05, 3.63) is 6.61 Å². The highest BCUT2D eigenvalue weighted by Crippen LogP contribution is 2.14. The Hall–Kier alpha value is -0.0800. The van der Waals surface area contributed by atoms with Crippen LogP contribution in [0.5, 0.6) is 0 Å². The largest absolute Gasteiger partial charge is 0.376 e. The van der Waals surface area contributed by atoms with Gasteiger partial charge < -0.3 is 9.47 Å². The van der Waals surface area contributed by atoms with Crippen molar-refractivity contribution in [2.24, 2.45) is 0 Å². The predicted molar refractivity (Wildman–Crippen MR) is 34.9 cm³/mol. The monoisotopic (exact) mass is 129 g/mol. The fourth-order valence-electron chi connectivity index (χ4n) is 1.02. The fraction of sp³-hybridized carbons (Fsp3) is 0.857. The van der Waals surface area contributed by atoms with Crippen molar-refractivity contribution in [2.75, 3.05) is 13.7 Å². The molecule has 53 valence electrons. The average Bonchev–Trinajstić information content (AvgIpc) is 1.91. The molecular formula is C7H13O2. The van der Waals surface area contributed by atoms with E-state index in [0.29, 0.717) is 0 Å². The molecule has 2 nitrogen and oxygen atoms in total. The van der Waals surface area contributed by atoms with Gasteiger partial charge in [0.2, 0.25) is 0 Å². The fourth-order valence-corrected chi connectivity index (χ4v) is 1.02. The molecule has 0 saturated carbocycles. The summed E-state index contributed by atoms with van der Waals surface area (Å²) < 4.78 is 10.2.